The molecule has 3 aromatic rings. The molecule has 0 unspecified atom stereocenters. The molecule has 7 nitrogen and oxygen atoms in total. The number of fused-ring (bicyclic) bond motifs is 1. The lowest BCUT2D eigenvalue weighted by molar-refractivity contribution is 0.0991. The molecule has 5 rings (SSSR count). The largest absolute Gasteiger partial charge is 0.496 e. The number of nitrogens with zero attached hydrogens (tertiary/aromatic N) is 3. The second-order valence-corrected chi connectivity index (χ2v) is 8.45. The van der Waals surface area contributed by atoms with E-state index < -0.39 is 0 Å². The summed E-state index contributed by atoms with van der Waals surface area (Å²) >= 11 is 0. The van der Waals surface area contributed by atoms with Gasteiger partial charge >= 0.3 is 0 Å². The van der Waals surface area contributed by atoms with E-state index in [1.54, 1.807) is 7.11 Å². The Bertz CT molecular complexity index is 1190. The van der Waals surface area contributed by atoms with Crippen LogP contribution in [0.1, 0.15) is 24.6 Å². The summed E-state index contributed by atoms with van der Waals surface area (Å²) in [5, 5.41) is 10.8. The molecule has 2 aromatic heterocycles. The SMILES string of the molecule is COc1ccc(-c2ccc3c(N4CCOC[C@@H]4C)cc(C4=CCOCC4)nc3n2)cc1CO. The Morgan fingerprint density at radius 3 is 2.73 bits per heavy atom. The van der Waals surface area contributed by atoms with E-state index in [0.717, 1.165) is 46.6 Å². The minimum absolute atomic E-state index is 0.0950. The third-order valence-corrected chi connectivity index (χ3v) is 6.37. The van der Waals surface area contributed by atoms with Crippen LogP contribution >= 0.6 is 0 Å². The van der Waals surface area contributed by atoms with E-state index in [0.29, 0.717) is 37.8 Å². The number of ether oxygens (including phenoxy) is 3. The number of hydrogen-bond acceptors (Lipinski definition) is 7. The molecule has 2 aliphatic rings. The number of morpholine rings is 1. The summed E-state index contributed by atoms with van der Waals surface area (Å²) in [4.78, 5) is 12.3. The van der Waals surface area contributed by atoms with Crippen molar-refractivity contribution in [3.05, 3.63) is 53.7 Å². The van der Waals surface area contributed by atoms with Crippen molar-refractivity contribution in [1.29, 1.82) is 0 Å². The number of aliphatic hydroxyl groups is 1. The van der Waals surface area contributed by atoms with Gasteiger partial charge in [0.15, 0.2) is 5.65 Å². The second kappa shape index (κ2) is 9.47. The molecule has 0 bridgehead atoms. The lowest BCUT2D eigenvalue weighted by Crippen LogP contribution is -2.43. The van der Waals surface area contributed by atoms with Crippen LogP contribution in [0.15, 0.2) is 42.5 Å². The Morgan fingerprint density at radius 2 is 1.97 bits per heavy atom. The first-order chi connectivity index (χ1) is 16.2. The Morgan fingerprint density at radius 1 is 1.09 bits per heavy atom. The van der Waals surface area contributed by atoms with Gasteiger partial charge in [-0.2, -0.15) is 0 Å². The zero-order valence-corrected chi connectivity index (χ0v) is 19.1. The summed E-state index contributed by atoms with van der Waals surface area (Å²) in [6.45, 7) is 5.66. The van der Waals surface area contributed by atoms with E-state index in [1.807, 2.05) is 24.3 Å². The highest BCUT2D eigenvalue weighted by atomic mass is 16.5. The van der Waals surface area contributed by atoms with Crippen LogP contribution in [-0.4, -0.2) is 61.2 Å². The van der Waals surface area contributed by atoms with E-state index >= 15 is 0 Å². The van der Waals surface area contributed by atoms with Crippen LogP contribution in [0.25, 0.3) is 27.9 Å². The zero-order valence-electron chi connectivity index (χ0n) is 19.1. The van der Waals surface area contributed by atoms with E-state index in [-0.39, 0.29) is 12.6 Å². The topological polar surface area (TPSA) is 76.9 Å². The Kier molecular flexibility index (Phi) is 6.26. The van der Waals surface area contributed by atoms with Crippen molar-refractivity contribution in [2.75, 3.05) is 45.0 Å². The molecule has 0 saturated carbocycles. The highest BCUT2D eigenvalue weighted by Gasteiger charge is 2.23. The average Bonchev–Trinajstić information content (AvgIpc) is 2.88. The maximum Gasteiger partial charge on any atom is 0.162 e. The Balaban J connectivity index is 1.65. The number of aromatic nitrogens is 2. The summed E-state index contributed by atoms with van der Waals surface area (Å²) in [5.41, 5.74) is 6.47. The number of aliphatic hydroxyl groups excluding tert-OH is 1. The summed E-state index contributed by atoms with van der Waals surface area (Å²) in [6, 6.07) is 12.3. The van der Waals surface area contributed by atoms with Gasteiger partial charge in [-0.1, -0.05) is 6.08 Å². The number of hydrogen-bond donors (Lipinski definition) is 1. The summed E-state index contributed by atoms with van der Waals surface area (Å²) in [5.74, 6) is 0.664. The van der Waals surface area contributed by atoms with Gasteiger partial charge in [0.25, 0.3) is 0 Å². The van der Waals surface area contributed by atoms with Crippen LogP contribution in [0.5, 0.6) is 5.75 Å². The minimum Gasteiger partial charge on any atom is -0.496 e. The van der Waals surface area contributed by atoms with Crippen LogP contribution in [0.2, 0.25) is 0 Å². The third kappa shape index (κ3) is 4.31. The molecule has 33 heavy (non-hydrogen) atoms. The summed E-state index contributed by atoms with van der Waals surface area (Å²) in [7, 11) is 1.60. The molecule has 0 amide bonds. The molecule has 1 aromatic carbocycles. The Hall–Kier alpha value is -3.00. The first kappa shape index (κ1) is 21.8. The fourth-order valence-corrected chi connectivity index (χ4v) is 4.56. The smallest absolute Gasteiger partial charge is 0.162 e. The first-order valence-electron chi connectivity index (χ1n) is 11.4. The second-order valence-electron chi connectivity index (χ2n) is 8.45. The zero-order chi connectivity index (χ0) is 22.8. The molecular formula is C26H29N3O4. The summed E-state index contributed by atoms with van der Waals surface area (Å²) < 4.78 is 16.5. The van der Waals surface area contributed by atoms with Crippen LogP contribution in [0.3, 0.4) is 0 Å². The maximum absolute atomic E-state index is 9.73. The fraction of sp³-hybridized carbons (Fsp3) is 0.385. The standard InChI is InChI=1S/C26H29N3O4/c1-17-16-33-12-9-29(17)24-14-23(18-7-10-32-11-8-18)28-26-21(24)4-5-22(27-26)19-3-6-25(31-2)20(13-19)15-30/h3-7,13-14,17,30H,8-12,15-16H2,1-2H3/t17-/m0/s1. The van der Waals surface area contributed by atoms with Crippen LogP contribution in [0, 0.1) is 0 Å². The number of rotatable bonds is 5. The lowest BCUT2D eigenvalue weighted by Gasteiger charge is -2.36. The first-order valence-corrected chi connectivity index (χ1v) is 11.4. The minimum atomic E-state index is -0.0950. The van der Waals surface area contributed by atoms with Gasteiger partial charge < -0.3 is 24.2 Å². The van der Waals surface area contributed by atoms with Crippen molar-refractivity contribution in [3.8, 4) is 17.0 Å². The third-order valence-electron chi connectivity index (χ3n) is 6.37. The molecule has 0 radical (unpaired) electrons. The monoisotopic (exact) mass is 447 g/mol. The average molecular weight is 448 g/mol. The number of pyridine rings is 2. The highest BCUT2D eigenvalue weighted by Crippen LogP contribution is 2.34. The maximum atomic E-state index is 9.73. The molecule has 4 heterocycles. The number of anilines is 1. The van der Waals surface area contributed by atoms with Crippen molar-refractivity contribution in [2.24, 2.45) is 0 Å². The van der Waals surface area contributed by atoms with Crippen molar-refractivity contribution in [3.63, 3.8) is 0 Å². The summed E-state index contributed by atoms with van der Waals surface area (Å²) in [6.07, 6.45) is 2.96. The van der Waals surface area contributed by atoms with Crippen LogP contribution < -0.4 is 9.64 Å². The van der Waals surface area contributed by atoms with E-state index in [1.165, 1.54) is 5.57 Å². The Labute approximate surface area is 193 Å². The van der Waals surface area contributed by atoms with Gasteiger partial charge in [-0.25, -0.2) is 9.97 Å². The molecule has 0 aliphatic carbocycles. The predicted molar refractivity (Wildman–Crippen MR) is 128 cm³/mol. The van der Waals surface area contributed by atoms with Crippen molar-refractivity contribution >= 4 is 22.3 Å². The number of benzene rings is 1. The van der Waals surface area contributed by atoms with Gasteiger partial charge in [0, 0.05) is 29.1 Å². The molecule has 1 fully saturated rings. The van der Waals surface area contributed by atoms with Gasteiger partial charge in [-0.3, -0.25) is 0 Å². The van der Waals surface area contributed by atoms with Gasteiger partial charge in [-0.15, -0.1) is 0 Å². The molecule has 1 saturated heterocycles. The van der Waals surface area contributed by atoms with Gasteiger partial charge in [0.1, 0.15) is 5.75 Å². The molecule has 1 N–H and O–H groups in total. The van der Waals surface area contributed by atoms with Crippen LogP contribution in [-0.2, 0) is 16.1 Å². The quantitative estimate of drug-likeness (QED) is 0.637. The molecule has 2 aliphatic heterocycles. The van der Waals surface area contributed by atoms with Crippen molar-refractivity contribution in [2.45, 2.75) is 26.0 Å². The molecular weight excluding hydrogens is 418 g/mol. The van der Waals surface area contributed by atoms with E-state index in [2.05, 4.69) is 30.0 Å². The van der Waals surface area contributed by atoms with Crippen molar-refractivity contribution < 1.29 is 19.3 Å². The van der Waals surface area contributed by atoms with E-state index in [9.17, 15) is 5.11 Å². The van der Waals surface area contributed by atoms with Gasteiger partial charge in [0.2, 0.25) is 0 Å². The molecule has 0 spiro atoms. The van der Waals surface area contributed by atoms with Crippen molar-refractivity contribution in [1.82, 2.24) is 9.97 Å². The van der Waals surface area contributed by atoms with Gasteiger partial charge in [-0.05, 0) is 55.3 Å². The lowest BCUT2D eigenvalue weighted by atomic mass is 10.0. The van der Waals surface area contributed by atoms with E-state index in [4.69, 9.17) is 24.2 Å². The normalized spacial score (nSPS) is 18.9. The van der Waals surface area contributed by atoms with Gasteiger partial charge in [0.05, 0.1) is 57.2 Å². The number of methoxy groups -OCH3 is 1. The molecule has 7 heteroatoms. The van der Waals surface area contributed by atoms with Crippen LogP contribution in [0.4, 0.5) is 5.69 Å². The predicted octanol–water partition coefficient (Wildman–Crippen LogP) is 3.83. The fourth-order valence-electron chi connectivity index (χ4n) is 4.56. The highest BCUT2D eigenvalue weighted by molar-refractivity contribution is 5.93. The molecule has 172 valence electrons. The molecule has 1 atom stereocenters.